The van der Waals surface area contributed by atoms with Crippen molar-refractivity contribution in [3.8, 4) is 0 Å². The quantitative estimate of drug-likeness (QED) is 0.606. The zero-order valence-electron chi connectivity index (χ0n) is 18.0. The highest BCUT2D eigenvalue weighted by atomic mass is 32.2. The molecule has 0 spiro atoms. The number of esters is 1. The maximum atomic E-state index is 12.9. The van der Waals surface area contributed by atoms with Crippen molar-refractivity contribution in [2.24, 2.45) is 0 Å². The molecule has 1 aliphatic heterocycles. The SMILES string of the molecule is CC[C@H](C)NS(=O)(=O)c1sc2c(c1C(=O)OC)CCN(C(=O)CCc1ccccc1)C2. The summed E-state index contributed by atoms with van der Waals surface area (Å²) in [4.78, 5) is 27.7. The number of sulfonamides is 1. The third-order valence-electron chi connectivity index (χ3n) is 5.45. The molecule has 3 rings (SSSR count). The summed E-state index contributed by atoms with van der Waals surface area (Å²) >= 11 is 1.06. The first-order valence-electron chi connectivity index (χ1n) is 10.3. The molecule has 0 fully saturated rings. The molecule has 1 aromatic carbocycles. The molecule has 2 heterocycles. The lowest BCUT2D eigenvalue weighted by Crippen LogP contribution is -2.36. The minimum absolute atomic E-state index is 0.0182. The van der Waals surface area contributed by atoms with Crippen LogP contribution in [0.1, 0.15) is 53.1 Å². The second kappa shape index (κ2) is 9.93. The fourth-order valence-corrected chi connectivity index (χ4v) is 6.79. The van der Waals surface area contributed by atoms with Gasteiger partial charge in [-0.1, -0.05) is 37.3 Å². The molecule has 1 aromatic heterocycles. The normalized spacial score (nSPS) is 14.7. The van der Waals surface area contributed by atoms with E-state index >= 15 is 0 Å². The summed E-state index contributed by atoms with van der Waals surface area (Å²) in [5.41, 5.74) is 1.88. The van der Waals surface area contributed by atoms with E-state index in [1.54, 1.807) is 11.8 Å². The van der Waals surface area contributed by atoms with Crippen molar-refractivity contribution in [2.75, 3.05) is 13.7 Å². The molecular weight excluding hydrogens is 436 g/mol. The van der Waals surface area contributed by atoms with Crippen LogP contribution in [0.25, 0.3) is 0 Å². The van der Waals surface area contributed by atoms with Gasteiger partial charge >= 0.3 is 5.97 Å². The van der Waals surface area contributed by atoms with Crippen LogP contribution in [0.4, 0.5) is 0 Å². The topological polar surface area (TPSA) is 92.8 Å². The zero-order valence-corrected chi connectivity index (χ0v) is 19.6. The molecule has 7 nitrogen and oxygen atoms in total. The summed E-state index contributed by atoms with van der Waals surface area (Å²) < 4.78 is 33.4. The number of carbonyl (C=O) groups is 2. The van der Waals surface area contributed by atoms with E-state index in [-0.39, 0.29) is 21.7 Å². The average Bonchev–Trinajstić information content (AvgIpc) is 3.17. The summed E-state index contributed by atoms with van der Waals surface area (Å²) in [5.74, 6) is -0.643. The molecule has 0 radical (unpaired) electrons. The van der Waals surface area contributed by atoms with E-state index in [9.17, 15) is 18.0 Å². The second-order valence-electron chi connectivity index (χ2n) is 7.64. The van der Waals surface area contributed by atoms with Gasteiger partial charge in [-0.2, -0.15) is 0 Å². The van der Waals surface area contributed by atoms with Gasteiger partial charge in [-0.25, -0.2) is 17.9 Å². The number of nitrogens with one attached hydrogen (secondary N) is 1. The lowest BCUT2D eigenvalue weighted by molar-refractivity contribution is -0.132. The van der Waals surface area contributed by atoms with E-state index in [1.807, 2.05) is 37.3 Å². The summed E-state index contributed by atoms with van der Waals surface area (Å²) in [6, 6.07) is 9.56. The Morgan fingerprint density at radius 2 is 1.97 bits per heavy atom. The minimum atomic E-state index is -3.87. The Labute approximate surface area is 187 Å². The third kappa shape index (κ3) is 5.34. The highest BCUT2D eigenvalue weighted by Gasteiger charge is 2.35. The van der Waals surface area contributed by atoms with E-state index in [4.69, 9.17) is 4.74 Å². The molecule has 168 valence electrons. The standard InChI is InChI=1S/C22H28N2O5S2/c1-4-15(2)23-31(27,28)22-20(21(26)29-3)17-12-13-24(14-18(17)30-22)19(25)11-10-16-8-6-5-7-9-16/h5-9,15,23H,4,10-14H2,1-3H3/t15-/m0/s1. The lowest BCUT2D eigenvalue weighted by Gasteiger charge is -2.27. The van der Waals surface area contributed by atoms with E-state index in [0.29, 0.717) is 44.3 Å². The monoisotopic (exact) mass is 464 g/mol. The van der Waals surface area contributed by atoms with Gasteiger partial charge in [0, 0.05) is 23.9 Å². The summed E-state index contributed by atoms with van der Waals surface area (Å²) in [7, 11) is -2.63. The van der Waals surface area contributed by atoms with Crippen LogP contribution in [-0.2, 0) is 38.9 Å². The lowest BCUT2D eigenvalue weighted by atomic mass is 10.0. The number of nitrogens with zero attached hydrogens (tertiary/aromatic N) is 1. The van der Waals surface area contributed by atoms with E-state index < -0.39 is 16.0 Å². The fourth-order valence-electron chi connectivity index (χ4n) is 3.54. The first-order valence-corrected chi connectivity index (χ1v) is 12.6. The number of hydrogen-bond donors (Lipinski definition) is 1. The van der Waals surface area contributed by atoms with Crippen LogP contribution in [0.2, 0.25) is 0 Å². The minimum Gasteiger partial charge on any atom is -0.465 e. The van der Waals surface area contributed by atoms with Crippen LogP contribution >= 0.6 is 11.3 Å². The Morgan fingerprint density at radius 1 is 1.26 bits per heavy atom. The van der Waals surface area contributed by atoms with Crippen molar-refractivity contribution < 1.29 is 22.7 Å². The van der Waals surface area contributed by atoms with Gasteiger partial charge in [0.25, 0.3) is 10.0 Å². The van der Waals surface area contributed by atoms with Gasteiger partial charge < -0.3 is 9.64 Å². The van der Waals surface area contributed by atoms with Crippen LogP contribution in [0, 0.1) is 0 Å². The molecular formula is C22H28N2O5S2. The first kappa shape index (κ1) is 23.4. The van der Waals surface area contributed by atoms with Gasteiger partial charge in [0.05, 0.1) is 19.2 Å². The number of hydrogen-bond acceptors (Lipinski definition) is 6. The molecule has 0 unspecified atom stereocenters. The zero-order chi connectivity index (χ0) is 22.6. The van der Waals surface area contributed by atoms with Crippen molar-refractivity contribution in [3.05, 3.63) is 51.9 Å². The van der Waals surface area contributed by atoms with Gasteiger partial charge in [-0.3, -0.25) is 4.79 Å². The number of thiophene rings is 1. The average molecular weight is 465 g/mol. The molecule has 1 aliphatic rings. The van der Waals surface area contributed by atoms with Gasteiger partial charge in [0.15, 0.2) is 0 Å². The number of aryl methyl sites for hydroxylation is 1. The molecule has 0 bridgehead atoms. The summed E-state index contributed by atoms with van der Waals surface area (Å²) in [5, 5.41) is 0. The predicted octanol–water partition coefficient (Wildman–Crippen LogP) is 3.13. The van der Waals surface area contributed by atoms with E-state index in [2.05, 4.69) is 4.72 Å². The van der Waals surface area contributed by atoms with E-state index in [1.165, 1.54) is 7.11 Å². The Hall–Kier alpha value is -2.23. The second-order valence-corrected chi connectivity index (χ2v) is 10.7. The molecule has 9 heteroatoms. The maximum absolute atomic E-state index is 12.9. The molecule has 1 atom stereocenters. The predicted molar refractivity (Wildman–Crippen MR) is 120 cm³/mol. The van der Waals surface area contributed by atoms with Crippen LogP contribution in [0.15, 0.2) is 34.5 Å². The van der Waals surface area contributed by atoms with Gasteiger partial charge in [-0.15, -0.1) is 11.3 Å². The third-order valence-corrected chi connectivity index (χ3v) is 8.77. The Balaban J connectivity index is 1.83. The Morgan fingerprint density at radius 3 is 2.61 bits per heavy atom. The van der Waals surface area contributed by atoms with Crippen LogP contribution in [0.3, 0.4) is 0 Å². The van der Waals surface area contributed by atoms with E-state index in [0.717, 1.165) is 21.8 Å². The van der Waals surface area contributed by atoms with Crippen LogP contribution in [0.5, 0.6) is 0 Å². The number of fused-ring (bicyclic) bond motifs is 1. The molecule has 2 aromatic rings. The van der Waals surface area contributed by atoms with Crippen molar-refractivity contribution in [3.63, 3.8) is 0 Å². The fraction of sp³-hybridized carbons (Fsp3) is 0.455. The number of carbonyl (C=O) groups excluding carboxylic acids is 2. The Kier molecular flexibility index (Phi) is 7.51. The smallest absolute Gasteiger partial charge is 0.340 e. The molecule has 0 saturated heterocycles. The molecule has 1 N–H and O–H groups in total. The highest BCUT2D eigenvalue weighted by molar-refractivity contribution is 7.91. The van der Waals surface area contributed by atoms with Crippen molar-refractivity contribution in [1.29, 1.82) is 0 Å². The van der Waals surface area contributed by atoms with Gasteiger partial charge in [0.2, 0.25) is 5.91 Å². The van der Waals surface area contributed by atoms with Crippen LogP contribution in [-0.4, -0.2) is 44.9 Å². The highest BCUT2D eigenvalue weighted by Crippen LogP contribution is 2.37. The molecule has 31 heavy (non-hydrogen) atoms. The summed E-state index contributed by atoms with van der Waals surface area (Å²) in [6.45, 7) is 4.40. The Bertz CT molecular complexity index is 1050. The summed E-state index contributed by atoms with van der Waals surface area (Å²) in [6.07, 6.45) is 2.09. The number of ether oxygens (including phenoxy) is 1. The van der Waals surface area contributed by atoms with Crippen LogP contribution < -0.4 is 4.72 Å². The first-order chi connectivity index (χ1) is 14.8. The van der Waals surface area contributed by atoms with Crippen molar-refractivity contribution in [1.82, 2.24) is 9.62 Å². The largest absolute Gasteiger partial charge is 0.465 e. The van der Waals surface area contributed by atoms with Crippen molar-refractivity contribution in [2.45, 2.75) is 56.3 Å². The maximum Gasteiger partial charge on any atom is 0.340 e. The number of amides is 1. The number of rotatable bonds is 8. The van der Waals surface area contributed by atoms with Gasteiger partial charge in [-0.05, 0) is 37.3 Å². The molecule has 1 amide bonds. The number of benzene rings is 1. The molecule has 0 aliphatic carbocycles. The van der Waals surface area contributed by atoms with Gasteiger partial charge in [0.1, 0.15) is 4.21 Å². The molecule has 0 saturated carbocycles. The van der Waals surface area contributed by atoms with Crippen molar-refractivity contribution >= 4 is 33.2 Å². The number of methoxy groups -OCH3 is 1.